The number of halogens is 1. The summed E-state index contributed by atoms with van der Waals surface area (Å²) >= 11 is 0. The van der Waals surface area contributed by atoms with Crippen LogP contribution in [0.1, 0.15) is 19.9 Å². The fourth-order valence-electron chi connectivity index (χ4n) is 0.785. The molecule has 0 aliphatic heterocycles. The van der Waals surface area contributed by atoms with E-state index in [0.29, 0.717) is 0 Å². The van der Waals surface area contributed by atoms with E-state index in [0.717, 1.165) is 12.0 Å². The first-order valence-electron chi connectivity index (χ1n) is 3.08. The summed E-state index contributed by atoms with van der Waals surface area (Å²) < 4.78 is 12.6. The Morgan fingerprint density at radius 3 is 2.30 bits per heavy atom. The third kappa shape index (κ3) is 1.83. The van der Waals surface area contributed by atoms with E-state index in [1.165, 1.54) is 6.07 Å². The molecule has 0 spiro atoms. The minimum absolute atomic E-state index is 0. The molecule has 0 aliphatic rings. The summed E-state index contributed by atoms with van der Waals surface area (Å²) in [5, 5.41) is 0. The maximum absolute atomic E-state index is 12.6. The van der Waals surface area contributed by atoms with Gasteiger partial charge in [-0.2, -0.15) is 0 Å². The fourth-order valence-corrected chi connectivity index (χ4v) is 0.785. The van der Waals surface area contributed by atoms with Crippen LogP contribution >= 0.6 is 0 Å². The average Bonchev–Trinajstić information content (AvgIpc) is 1.89. The Morgan fingerprint density at radius 2 is 1.90 bits per heavy atom. The van der Waals surface area contributed by atoms with Gasteiger partial charge in [0.15, 0.2) is 0 Å². The van der Waals surface area contributed by atoms with Crippen LogP contribution in [-0.2, 0) is 6.42 Å². The molecule has 0 fully saturated rings. The van der Waals surface area contributed by atoms with Crippen LogP contribution < -0.4 is 0 Å². The number of rotatable bonds is 1. The van der Waals surface area contributed by atoms with Gasteiger partial charge in [0.1, 0.15) is 5.82 Å². The first-order valence-corrected chi connectivity index (χ1v) is 3.08. The van der Waals surface area contributed by atoms with Crippen LogP contribution in [0.4, 0.5) is 4.39 Å². The second-order valence-electron chi connectivity index (χ2n) is 1.94. The van der Waals surface area contributed by atoms with E-state index in [1.807, 2.05) is 13.0 Å². The van der Waals surface area contributed by atoms with Gasteiger partial charge in [0.2, 0.25) is 0 Å². The topological polar surface area (TPSA) is 0 Å². The van der Waals surface area contributed by atoms with Gasteiger partial charge in [0.05, 0.1) is 0 Å². The third-order valence-electron chi connectivity index (χ3n) is 1.34. The molecule has 0 aliphatic carbocycles. The first-order chi connectivity index (χ1) is 4.34. The fraction of sp³-hybridized carbons (Fsp3) is 0.333. The number of benzene rings is 1. The van der Waals surface area contributed by atoms with E-state index in [4.69, 9.17) is 0 Å². The molecular weight excluding hydrogens is 127 g/mol. The number of aryl methyl sites for hydroxylation is 1. The predicted molar refractivity (Wildman–Crippen MR) is 42.5 cm³/mol. The van der Waals surface area contributed by atoms with Crippen molar-refractivity contribution >= 4 is 0 Å². The Kier molecular flexibility index (Phi) is 3.70. The van der Waals surface area contributed by atoms with E-state index in [2.05, 4.69) is 0 Å². The van der Waals surface area contributed by atoms with Gasteiger partial charge in [-0.1, -0.05) is 32.5 Å². The lowest BCUT2D eigenvalue weighted by atomic mass is 10.2. The van der Waals surface area contributed by atoms with Crippen molar-refractivity contribution in [3.05, 3.63) is 35.6 Å². The van der Waals surface area contributed by atoms with Crippen LogP contribution in [0.25, 0.3) is 0 Å². The SMILES string of the molecule is C.CCc1ccccc1F. The zero-order valence-corrected chi connectivity index (χ0v) is 5.39. The van der Waals surface area contributed by atoms with Crippen molar-refractivity contribution in [2.75, 3.05) is 0 Å². The molecule has 1 rings (SSSR count). The third-order valence-corrected chi connectivity index (χ3v) is 1.34. The second-order valence-corrected chi connectivity index (χ2v) is 1.94. The van der Waals surface area contributed by atoms with Crippen molar-refractivity contribution in [3.8, 4) is 0 Å². The lowest BCUT2D eigenvalue weighted by Gasteiger charge is -1.94. The Balaban J connectivity index is 0.000000810. The molecule has 0 bridgehead atoms. The van der Waals surface area contributed by atoms with Gasteiger partial charge >= 0.3 is 0 Å². The molecular formula is C9H13F. The molecule has 0 amide bonds. The zero-order chi connectivity index (χ0) is 6.69. The van der Waals surface area contributed by atoms with Gasteiger partial charge in [-0.15, -0.1) is 0 Å². The van der Waals surface area contributed by atoms with Crippen molar-refractivity contribution in [2.45, 2.75) is 20.8 Å². The molecule has 0 nitrogen and oxygen atoms in total. The van der Waals surface area contributed by atoms with Crippen LogP contribution in [0.2, 0.25) is 0 Å². The Bertz CT molecular complexity index is 194. The van der Waals surface area contributed by atoms with Crippen LogP contribution in [0.3, 0.4) is 0 Å². The summed E-state index contributed by atoms with van der Waals surface area (Å²) in [6.45, 7) is 1.94. The minimum atomic E-state index is -0.0972. The van der Waals surface area contributed by atoms with Crippen molar-refractivity contribution in [2.24, 2.45) is 0 Å². The average molecular weight is 140 g/mol. The summed E-state index contributed by atoms with van der Waals surface area (Å²) in [4.78, 5) is 0. The summed E-state index contributed by atoms with van der Waals surface area (Å²) in [7, 11) is 0. The monoisotopic (exact) mass is 140 g/mol. The lowest BCUT2D eigenvalue weighted by Crippen LogP contribution is -1.83. The predicted octanol–water partition coefficient (Wildman–Crippen LogP) is 3.02. The van der Waals surface area contributed by atoms with Gasteiger partial charge in [-0.05, 0) is 18.1 Å². The normalized spacial score (nSPS) is 8.60. The lowest BCUT2D eigenvalue weighted by molar-refractivity contribution is 0.612. The molecule has 1 aromatic rings. The van der Waals surface area contributed by atoms with Gasteiger partial charge in [-0.25, -0.2) is 4.39 Å². The molecule has 0 heterocycles. The highest BCUT2D eigenvalue weighted by atomic mass is 19.1. The van der Waals surface area contributed by atoms with E-state index < -0.39 is 0 Å². The van der Waals surface area contributed by atoms with Crippen LogP contribution in [0.5, 0.6) is 0 Å². The Morgan fingerprint density at radius 1 is 1.30 bits per heavy atom. The minimum Gasteiger partial charge on any atom is -0.207 e. The van der Waals surface area contributed by atoms with Crippen LogP contribution in [-0.4, -0.2) is 0 Å². The maximum atomic E-state index is 12.6. The van der Waals surface area contributed by atoms with Crippen molar-refractivity contribution < 1.29 is 4.39 Å². The summed E-state index contributed by atoms with van der Waals surface area (Å²) in [6.07, 6.45) is 0.771. The van der Waals surface area contributed by atoms with E-state index in [-0.39, 0.29) is 13.2 Å². The summed E-state index contributed by atoms with van der Waals surface area (Å²) in [6, 6.07) is 6.84. The second kappa shape index (κ2) is 4.04. The van der Waals surface area contributed by atoms with Crippen molar-refractivity contribution in [3.63, 3.8) is 0 Å². The molecule has 0 atom stereocenters. The maximum Gasteiger partial charge on any atom is 0.126 e. The smallest absolute Gasteiger partial charge is 0.126 e. The molecule has 56 valence electrons. The Hall–Kier alpha value is -0.850. The molecule has 0 saturated carbocycles. The van der Waals surface area contributed by atoms with Crippen molar-refractivity contribution in [1.82, 2.24) is 0 Å². The molecule has 1 aromatic carbocycles. The highest BCUT2D eigenvalue weighted by Gasteiger charge is 1.93. The standard InChI is InChI=1S/C8H9F.CH4/c1-2-7-5-3-4-6-8(7)9;/h3-6H,2H2,1H3;1H4. The zero-order valence-electron chi connectivity index (χ0n) is 5.39. The van der Waals surface area contributed by atoms with Gasteiger partial charge in [0, 0.05) is 0 Å². The van der Waals surface area contributed by atoms with Crippen LogP contribution in [0.15, 0.2) is 24.3 Å². The highest BCUT2D eigenvalue weighted by molar-refractivity contribution is 5.16. The Labute approximate surface area is 61.7 Å². The van der Waals surface area contributed by atoms with E-state index in [9.17, 15) is 4.39 Å². The van der Waals surface area contributed by atoms with E-state index in [1.54, 1.807) is 12.1 Å². The molecule has 0 saturated heterocycles. The molecule has 0 aromatic heterocycles. The van der Waals surface area contributed by atoms with E-state index >= 15 is 0 Å². The molecule has 0 unspecified atom stereocenters. The van der Waals surface area contributed by atoms with Gasteiger partial charge in [0.25, 0.3) is 0 Å². The highest BCUT2D eigenvalue weighted by Crippen LogP contribution is 2.05. The molecule has 0 radical (unpaired) electrons. The first kappa shape index (κ1) is 9.15. The van der Waals surface area contributed by atoms with Gasteiger partial charge in [-0.3, -0.25) is 0 Å². The van der Waals surface area contributed by atoms with Crippen LogP contribution in [0, 0.1) is 5.82 Å². The summed E-state index contributed by atoms with van der Waals surface area (Å²) in [5.41, 5.74) is 0.789. The molecule has 10 heavy (non-hydrogen) atoms. The molecule has 0 N–H and O–H groups in total. The number of hydrogen-bond donors (Lipinski definition) is 0. The summed E-state index contributed by atoms with van der Waals surface area (Å²) in [5.74, 6) is -0.0972. The largest absolute Gasteiger partial charge is 0.207 e. The van der Waals surface area contributed by atoms with Crippen molar-refractivity contribution in [1.29, 1.82) is 0 Å². The van der Waals surface area contributed by atoms with Gasteiger partial charge < -0.3 is 0 Å². The molecule has 1 heteroatoms. The number of hydrogen-bond acceptors (Lipinski definition) is 0. The quantitative estimate of drug-likeness (QED) is 0.562.